The van der Waals surface area contributed by atoms with Gasteiger partial charge in [-0.15, -0.1) is 0 Å². The highest BCUT2D eigenvalue weighted by Gasteiger charge is 2.36. The summed E-state index contributed by atoms with van der Waals surface area (Å²) in [5.74, 6) is -0.427. The lowest BCUT2D eigenvalue weighted by molar-refractivity contribution is -0.0601. The molecular formula is C13H18N2O3. The standard InChI is InChI=1S/C13H18N2O3/c1-17-12(16)11-8-10(4-7-14-11)15-9-13(18-2)5-3-6-13/h4,7-8H,3,5-6,9H2,1-2H3,(H,14,15). The molecule has 1 aliphatic rings. The van der Waals surface area contributed by atoms with Gasteiger partial charge >= 0.3 is 5.97 Å². The van der Waals surface area contributed by atoms with E-state index in [0.29, 0.717) is 5.69 Å². The monoisotopic (exact) mass is 250 g/mol. The summed E-state index contributed by atoms with van der Waals surface area (Å²) >= 11 is 0. The molecule has 0 bridgehead atoms. The van der Waals surface area contributed by atoms with E-state index in [1.165, 1.54) is 13.5 Å². The maximum Gasteiger partial charge on any atom is 0.356 e. The number of aromatic nitrogens is 1. The molecule has 1 aliphatic carbocycles. The minimum absolute atomic E-state index is 0.0469. The number of methoxy groups -OCH3 is 2. The molecule has 1 N–H and O–H groups in total. The third kappa shape index (κ3) is 2.61. The van der Waals surface area contributed by atoms with Crippen molar-refractivity contribution in [1.82, 2.24) is 4.98 Å². The Morgan fingerprint density at radius 2 is 2.28 bits per heavy atom. The summed E-state index contributed by atoms with van der Waals surface area (Å²) in [5, 5.41) is 3.28. The number of hydrogen-bond acceptors (Lipinski definition) is 5. The first-order valence-electron chi connectivity index (χ1n) is 6.02. The van der Waals surface area contributed by atoms with Crippen LogP contribution in [-0.4, -0.2) is 37.3 Å². The average Bonchev–Trinajstić information content (AvgIpc) is 2.37. The molecule has 0 atom stereocenters. The third-order valence-corrected chi connectivity index (χ3v) is 3.47. The molecule has 0 unspecified atom stereocenters. The van der Waals surface area contributed by atoms with Gasteiger partial charge in [0.25, 0.3) is 0 Å². The Morgan fingerprint density at radius 1 is 1.50 bits per heavy atom. The molecule has 5 heteroatoms. The molecule has 0 saturated heterocycles. The fraction of sp³-hybridized carbons (Fsp3) is 0.538. The Bertz CT molecular complexity index is 424. The van der Waals surface area contributed by atoms with Gasteiger partial charge < -0.3 is 14.8 Å². The van der Waals surface area contributed by atoms with Crippen LogP contribution in [0.5, 0.6) is 0 Å². The van der Waals surface area contributed by atoms with Gasteiger partial charge in [0.05, 0.1) is 12.7 Å². The predicted octanol–water partition coefficient (Wildman–Crippen LogP) is 1.85. The number of nitrogens with zero attached hydrogens (tertiary/aromatic N) is 1. The fourth-order valence-corrected chi connectivity index (χ4v) is 2.04. The van der Waals surface area contributed by atoms with E-state index in [-0.39, 0.29) is 5.60 Å². The van der Waals surface area contributed by atoms with Crippen LogP contribution < -0.4 is 5.32 Å². The lowest BCUT2D eigenvalue weighted by Gasteiger charge is -2.40. The zero-order valence-corrected chi connectivity index (χ0v) is 10.7. The zero-order chi connectivity index (χ0) is 13.0. The van der Waals surface area contributed by atoms with E-state index < -0.39 is 5.97 Å². The zero-order valence-electron chi connectivity index (χ0n) is 10.7. The van der Waals surface area contributed by atoms with Gasteiger partial charge in [-0.1, -0.05) is 0 Å². The van der Waals surface area contributed by atoms with Gasteiger partial charge in [-0.25, -0.2) is 9.78 Å². The molecule has 5 nitrogen and oxygen atoms in total. The van der Waals surface area contributed by atoms with Crippen LogP contribution in [0.4, 0.5) is 5.69 Å². The first-order chi connectivity index (χ1) is 8.69. The summed E-state index contributed by atoms with van der Waals surface area (Å²) in [6.45, 7) is 0.744. The Hall–Kier alpha value is -1.62. The molecule has 1 aromatic rings. The van der Waals surface area contributed by atoms with Crippen LogP contribution >= 0.6 is 0 Å². The molecule has 0 aromatic carbocycles. The van der Waals surface area contributed by atoms with Crippen molar-refractivity contribution < 1.29 is 14.3 Å². The third-order valence-electron chi connectivity index (χ3n) is 3.47. The van der Waals surface area contributed by atoms with Crippen molar-refractivity contribution in [3.8, 4) is 0 Å². The summed E-state index contributed by atoms with van der Waals surface area (Å²) in [7, 11) is 3.09. The van der Waals surface area contributed by atoms with Crippen LogP contribution in [0.15, 0.2) is 18.3 Å². The second-order valence-corrected chi connectivity index (χ2v) is 4.52. The average molecular weight is 250 g/mol. The molecule has 1 heterocycles. The number of pyridine rings is 1. The van der Waals surface area contributed by atoms with Gasteiger partial charge in [0, 0.05) is 25.5 Å². The SMILES string of the molecule is COC(=O)c1cc(NCC2(OC)CCC2)ccn1. The normalized spacial score (nSPS) is 16.8. The van der Waals surface area contributed by atoms with Crippen molar-refractivity contribution in [1.29, 1.82) is 0 Å². The van der Waals surface area contributed by atoms with Gasteiger partial charge in [0.2, 0.25) is 0 Å². The molecule has 98 valence electrons. The number of esters is 1. The van der Waals surface area contributed by atoms with E-state index in [4.69, 9.17) is 4.74 Å². The van der Waals surface area contributed by atoms with E-state index in [1.54, 1.807) is 19.4 Å². The molecular weight excluding hydrogens is 232 g/mol. The van der Waals surface area contributed by atoms with Gasteiger partial charge in [-0.05, 0) is 31.4 Å². The van der Waals surface area contributed by atoms with Crippen LogP contribution in [0.2, 0.25) is 0 Å². The minimum Gasteiger partial charge on any atom is -0.464 e. The van der Waals surface area contributed by atoms with E-state index in [2.05, 4.69) is 15.0 Å². The van der Waals surface area contributed by atoms with Crippen molar-refractivity contribution >= 4 is 11.7 Å². The highest BCUT2D eigenvalue weighted by atomic mass is 16.5. The Balaban J connectivity index is 1.99. The highest BCUT2D eigenvalue weighted by Crippen LogP contribution is 2.35. The molecule has 2 rings (SSSR count). The number of rotatable bonds is 5. The summed E-state index contributed by atoms with van der Waals surface area (Å²) in [6.07, 6.45) is 4.95. The Kier molecular flexibility index (Phi) is 3.81. The Labute approximate surface area is 107 Å². The number of nitrogens with one attached hydrogen (secondary N) is 1. The van der Waals surface area contributed by atoms with Gasteiger partial charge in [0.15, 0.2) is 0 Å². The van der Waals surface area contributed by atoms with E-state index >= 15 is 0 Å². The largest absolute Gasteiger partial charge is 0.464 e. The van der Waals surface area contributed by atoms with Crippen LogP contribution in [0.1, 0.15) is 29.8 Å². The number of carbonyl (C=O) groups excluding carboxylic acids is 1. The molecule has 18 heavy (non-hydrogen) atoms. The van der Waals surface area contributed by atoms with Crippen LogP contribution in [0, 0.1) is 0 Å². The van der Waals surface area contributed by atoms with Crippen molar-refractivity contribution in [3.05, 3.63) is 24.0 Å². The quantitative estimate of drug-likeness (QED) is 0.808. The molecule has 0 aliphatic heterocycles. The van der Waals surface area contributed by atoms with Gasteiger partial charge in [-0.3, -0.25) is 0 Å². The summed E-state index contributed by atoms with van der Waals surface area (Å²) < 4.78 is 10.2. The smallest absolute Gasteiger partial charge is 0.356 e. The Morgan fingerprint density at radius 3 is 2.83 bits per heavy atom. The van der Waals surface area contributed by atoms with Gasteiger partial charge in [0.1, 0.15) is 5.69 Å². The van der Waals surface area contributed by atoms with Crippen LogP contribution in [0.25, 0.3) is 0 Å². The first-order valence-corrected chi connectivity index (χ1v) is 6.02. The summed E-state index contributed by atoms with van der Waals surface area (Å²) in [6, 6.07) is 3.52. The second kappa shape index (κ2) is 5.35. The van der Waals surface area contributed by atoms with E-state index in [1.807, 2.05) is 6.07 Å². The van der Waals surface area contributed by atoms with Crippen molar-refractivity contribution in [2.75, 3.05) is 26.1 Å². The summed E-state index contributed by atoms with van der Waals surface area (Å²) in [5.41, 5.74) is 1.12. The number of carbonyl (C=O) groups is 1. The predicted molar refractivity (Wildman–Crippen MR) is 67.7 cm³/mol. The van der Waals surface area contributed by atoms with E-state index in [0.717, 1.165) is 25.1 Å². The number of hydrogen-bond donors (Lipinski definition) is 1. The van der Waals surface area contributed by atoms with Crippen molar-refractivity contribution in [2.45, 2.75) is 24.9 Å². The second-order valence-electron chi connectivity index (χ2n) is 4.52. The van der Waals surface area contributed by atoms with Crippen molar-refractivity contribution in [3.63, 3.8) is 0 Å². The van der Waals surface area contributed by atoms with Crippen LogP contribution in [-0.2, 0) is 9.47 Å². The molecule has 1 aromatic heterocycles. The van der Waals surface area contributed by atoms with E-state index in [9.17, 15) is 4.79 Å². The lowest BCUT2D eigenvalue weighted by Crippen LogP contribution is -2.45. The molecule has 1 fully saturated rings. The molecule has 0 radical (unpaired) electrons. The minimum atomic E-state index is -0.427. The maximum absolute atomic E-state index is 11.4. The molecule has 1 saturated carbocycles. The lowest BCUT2D eigenvalue weighted by atomic mass is 9.80. The maximum atomic E-state index is 11.4. The summed E-state index contributed by atoms with van der Waals surface area (Å²) in [4.78, 5) is 15.3. The topological polar surface area (TPSA) is 60.5 Å². The number of anilines is 1. The molecule has 0 amide bonds. The van der Waals surface area contributed by atoms with Crippen molar-refractivity contribution in [2.24, 2.45) is 0 Å². The first kappa shape index (κ1) is 12.8. The highest BCUT2D eigenvalue weighted by molar-refractivity contribution is 5.88. The number of ether oxygens (including phenoxy) is 2. The molecule has 0 spiro atoms. The fourth-order valence-electron chi connectivity index (χ4n) is 2.04. The van der Waals surface area contributed by atoms with Crippen LogP contribution in [0.3, 0.4) is 0 Å². The van der Waals surface area contributed by atoms with Gasteiger partial charge in [-0.2, -0.15) is 0 Å².